The Bertz CT molecular complexity index is 323. The summed E-state index contributed by atoms with van der Waals surface area (Å²) in [5, 5.41) is 0. The van der Waals surface area contributed by atoms with E-state index < -0.39 is 0 Å². The van der Waals surface area contributed by atoms with Crippen molar-refractivity contribution >= 4 is 0 Å². The predicted molar refractivity (Wildman–Crippen MR) is 55.5 cm³/mol. The van der Waals surface area contributed by atoms with E-state index in [2.05, 4.69) is 24.3 Å². The van der Waals surface area contributed by atoms with E-state index in [9.17, 15) is 0 Å². The summed E-state index contributed by atoms with van der Waals surface area (Å²) in [7, 11) is 0. The first-order valence-electron chi connectivity index (χ1n) is 5.55. The first-order valence-corrected chi connectivity index (χ1v) is 5.55. The fraction of sp³-hybridized carbons (Fsp3) is 0.500. The van der Waals surface area contributed by atoms with Crippen molar-refractivity contribution in [1.82, 2.24) is 0 Å². The minimum absolute atomic E-state index is 0.208. The van der Waals surface area contributed by atoms with Crippen LogP contribution in [0.25, 0.3) is 0 Å². The van der Waals surface area contributed by atoms with Gasteiger partial charge in [0.25, 0.3) is 0 Å². The molecule has 2 saturated heterocycles. The summed E-state index contributed by atoms with van der Waals surface area (Å²) in [5.74, 6) is 0. The topological polar surface area (TPSA) is 36.9 Å². The van der Waals surface area contributed by atoms with Gasteiger partial charge in [0.2, 0.25) is 0 Å². The second kappa shape index (κ2) is 4.51. The van der Waals surface area contributed by atoms with Gasteiger partial charge in [-0.3, -0.25) is 0 Å². The molecule has 2 aliphatic heterocycles. The fourth-order valence-corrected chi connectivity index (χ4v) is 1.96. The Morgan fingerprint density at radius 3 is 1.62 bits per heavy atom. The molecule has 3 rings (SSSR count). The molecule has 0 N–H and O–H groups in total. The molecule has 2 aliphatic rings. The van der Waals surface area contributed by atoms with Crippen LogP contribution in [0.5, 0.6) is 0 Å². The second-order valence-corrected chi connectivity index (χ2v) is 4.18. The van der Waals surface area contributed by atoms with Crippen molar-refractivity contribution in [3.63, 3.8) is 0 Å². The molecule has 2 heterocycles. The van der Waals surface area contributed by atoms with Gasteiger partial charge in [-0.1, -0.05) is 24.3 Å². The molecule has 1 aromatic rings. The molecule has 2 fully saturated rings. The molecule has 4 heteroatoms. The highest BCUT2D eigenvalue weighted by Gasteiger charge is 2.25. The van der Waals surface area contributed by atoms with Crippen molar-refractivity contribution in [3.8, 4) is 0 Å². The Morgan fingerprint density at radius 2 is 1.31 bits per heavy atom. The van der Waals surface area contributed by atoms with Crippen LogP contribution in [0, 0.1) is 0 Å². The van der Waals surface area contributed by atoms with Crippen LogP contribution in [0.15, 0.2) is 24.3 Å². The highest BCUT2D eigenvalue weighted by molar-refractivity contribution is 5.28. The highest BCUT2D eigenvalue weighted by Crippen LogP contribution is 2.21. The number of hydrogen-bond acceptors (Lipinski definition) is 4. The zero-order valence-corrected chi connectivity index (χ0v) is 8.93. The lowest BCUT2D eigenvalue weighted by Gasteiger charge is -2.27. The van der Waals surface area contributed by atoms with Gasteiger partial charge in [-0.2, -0.15) is 0 Å². The van der Waals surface area contributed by atoms with Crippen molar-refractivity contribution in [2.75, 3.05) is 13.2 Å². The minimum Gasteiger partial charge on any atom is -0.233 e. The van der Waals surface area contributed by atoms with Crippen LogP contribution in [0.3, 0.4) is 0 Å². The predicted octanol–water partition coefficient (Wildman–Crippen LogP) is 1.43. The normalized spacial score (nSPS) is 28.2. The maximum atomic E-state index is 4.98. The van der Waals surface area contributed by atoms with E-state index in [0.717, 1.165) is 12.8 Å². The third-order valence-corrected chi connectivity index (χ3v) is 2.93. The maximum absolute atomic E-state index is 4.98. The zero-order valence-electron chi connectivity index (χ0n) is 8.93. The first kappa shape index (κ1) is 10.2. The second-order valence-electron chi connectivity index (χ2n) is 4.18. The van der Waals surface area contributed by atoms with Crippen LogP contribution < -0.4 is 0 Å². The van der Waals surface area contributed by atoms with E-state index in [1.165, 1.54) is 11.1 Å². The Morgan fingerprint density at radius 1 is 0.875 bits per heavy atom. The van der Waals surface area contributed by atoms with Gasteiger partial charge in [-0.15, -0.1) is 0 Å². The van der Waals surface area contributed by atoms with Crippen molar-refractivity contribution < 1.29 is 19.6 Å². The largest absolute Gasteiger partial charge is 0.233 e. The molecule has 86 valence electrons. The number of benzene rings is 1. The van der Waals surface area contributed by atoms with Crippen molar-refractivity contribution in [2.24, 2.45) is 0 Å². The van der Waals surface area contributed by atoms with E-state index >= 15 is 0 Å². The van der Waals surface area contributed by atoms with Gasteiger partial charge in [0.15, 0.2) is 0 Å². The van der Waals surface area contributed by atoms with E-state index in [-0.39, 0.29) is 12.2 Å². The minimum atomic E-state index is 0.208. The average Bonchev–Trinajstić information content (AvgIpc) is 2.19. The van der Waals surface area contributed by atoms with Crippen LogP contribution in [-0.2, 0) is 32.4 Å². The molecule has 0 saturated carbocycles. The lowest BCUT2D eigenvalue weighted by molar-refractivity contribution is -0.424. The lowest BCUT2D eigenvalue weighted by Crippen LogP contribution is -2.35. The first-order chi connectivity index (χ1) is 7.92. The van der Waals surface area contributed by atoms with Gasteiger partial charge >= 0.3 is 0 Å². The monoisotopic (exact) mass is 222 g/mol. The van der Waals surface area contributed by atoms with Crippen LogP contribution in [0.2, 0.25) is 0 Å². The summed E-state index contributed by atoms with van der Waals surface area (Å²) in [6.45, 7) is 1.38. The lowest BCUT2D eigenvalue weighted by atomic mass is 9.97. The molecule has 0 spiro atoms. The van der Waals surface area contributed by atoms with E-state index in [1.807, 2.05) is 0 Å². The van der Waals surface area contributed by atoms with Crippen molar-refractivity contribution in [1.29, 1.82) is 0 Å². The molecule has 0 aliphatic carbocycles. The zero-order chi connectivity index (χ0) is 10.8. The smallest absolute Gasteiger partial charge is 0.123 e. The maximum Gasteiger partial charge on any atom is 0.123 e. The summed E-state index contributed by atoms with van der Waals surface area (Å²) in [5.41, 5.74) is 2.62. The summed E-state index contributed by atoms with van der Waals surface area (Å²) < 4.78 is 0. The Labute approximate surface area is 93.9 Å². The molecule has 0 bridgehead atoms. The summed E-state index contributed by atoms with van der Waals surface area (Å²) in [6, 6.07) is 8.38. The molecule has 2 atom stereocenters. The molecule has 4 nitrogen and oxygen atoms in total. The molecule has 0 amide bonds. The van der Waals surface area contributed by atoms with Gasteiger partial charge in [-0.25, -0.2) is 19.6 Å². The van der Waals surface area contributed by atoms with E-state index in [0.29, 0.717) is 13.2 Å². The number of hydrogen-bond donors (Lipinski definition) is 0. The van der Waals surface area contributed by atoms with Crippen LogP contribution in [-0.4, -0.2) is 25.4 Å². The molecule has 0 radical (unpaired) electrons. The van der Waals surface area contributed by atoms with Crippen LogP contribution in [0.4, 0.5) is 0 Å². The SMILES string of the molecule is c1ccc(CC2COO2)c(CC2COO2)c1. The van der Waals surface area contributed by atoms with E-state index in [4.69, 9.17) is 19.6 Å². The Balaban J connectivity index is 1.68. The Kier molecular flexibility index (Phi) is 2.88. The number of rotatable bonds is 4. The summed E-state index contributed by atoms with van der Waals surface area (Å²) in [4.78, 5) is 19.4. The van der Waals surface area contributed by atoms with Gasteiger partial charge in [-0.05, 0) is 11.1 Å². The van der Waals surface area contributed by atoms with Crippen molar-refractivity contribution in [3.05, 3.63) is 35.4 Å². The van der Waals surface area contributed by atoms with Gasteiger partial charge in [0.1, 0.15) is 25.4 Å². The third kappa shape index (κ3) is 2.10. The quantitative estimate of drug-likeness (QED) is 0.722. The molecule has 0 aromatic heterocycles. The van der Waals surface area contributed by atoms with Gasteiger partial charge in [0, 0.05) is 12.8 Å². The van der Waals surface area contributed by atoms with Gasteiger partial charge < -0.3 is 0 Å². The molecule has 16 heavy (non-hydrogen) atoms. The molecule has 2 unspecified atom stereocenters. The third-order valence-electron chi connectivity index (χ3n) is 2.93. The summed E-state index contributed by atoms with van der Waals surface area (Å²) in [6.07, 6.45) is 2.23. The molecular weight excluding hydrogens is 208 g/mol. The van der Waals surface area contributed by atoms with Crippen LogP contribution >= 0.6 is 0 Å². The molecule has 1 aromatic carbocycles. The van der Waals surface area contributed by atoms with Crippen molar-refractivity contribution in [2.45, 2.75) is 25.0 Å². The average molecular weight is 222 g/mol. The Hall–Kier alpha value is -0.940. The standard InChI is InChI=1S/C12H14O4/c1-2-4-10(6-12-8-14-16-12)9(3-1)5-11-7-13-15-11/h1-4,11-12H,5-8H2. The highest BCUT2D eigenvalue weighted by atomic mass is 17.2. The van der Waals surface area contributed by atoms with E-state index in [1.54, 1.807) is 0 Å². The van der Waals surface area contributed by atoms with Gasteiger partial charge in [0.05, 0.1) is 0 Å². The molecular formula is C12H14O4. The van der Waals surface area contributed by atoms with Crippen LogP contribution in [0.1, 0.15) is 11.1 Å². The fourth-order valence-electron chi connectivity index (χ4n) is 1.96. The summed E-state index contributed by atoms with van der Waals surface area (Å²) >= 11 is 0.